The maximum atomic E-state index is 14.3. The van der Waals surface area contributed by atoms with Crippen molar-refractivity contribution in [2.45, 2.75) is 36.3 Å². The molecular formula is C23H18F6N4O3S. The fraction of sp³-hybridized carbons (Fsp3) is 0.261. The Labute approximate surface area is 207 Å². The quantitative estimate of drug-likeness (QED) is 0.476. The van der Waals surface area contributed by atoms with E-state index in [-0.39, 0.29) is 28.3 Å². The highest BCUT2D eigenvalue weighted by Gasteiger charge is 2.44. The minimum Gasteiger partial charge on any atom is -0.349 e. The number of amides is 1. The first-order chi connectivity index (χ1) is 17.4. The van der Waals surface area contributed by atoms with Crippen LogP contribution in [0, 0.1) is 11.6 Å². The van der Waals surface area contributed by atoms with Crippen molar-refractivity contribution in [2.24, 2.45) is 0 Å². The summed E-state index contributed by atoms with van der Waals surface area (Å²) in [5, 5.41) is 2.43. The number of benzene rings is 1. The Kier molecular flexibility index (Phi) is 7.24. The lowest BCUT2D eigenvalue weighted by molar-refractivity contribution is -0.141. The highest BCUT2D eigenvalue weighted by molar-refractivity contribution is 7.89. The van der Waals surface area contributed by atoms with Crippen LogP contribution in [0.25, 0.3) is 11.1 Å². The Balaban J connectivity index is 1.50. The number of carbonyl (C=O) groups is 1. The summed E-state index contributed by atoms with van der Waals surface area (Å²) in [7, 11) is -4.31. The van der Waals surface area contributed by atoms with E-state index in [1.807, 2.05) is 0 Å². The van der Waals surface area contributed by atoms with Gasteiger partial charge in [0.05, 0.1) is 23.3 Å². The molecule has 1 aliphatic rings. The lowest BCUT2D eigenvalue weighted by atomic mass is 10.1. The summed E-state index contributed by atoms with van der Waals surface area (Å²) >= 11 is 0. The molecule has 1 N–H and O–H groups in total. The zero-order valence-corrected chi connectivity index (χ0v) is 19.5. The zero-order chi connectivity index (χ0) is 27.0. The van der Waals surface area contributed by atoms with Crippen LogP contribution in [0.5, 0.6) is 0 Å². The highest BCUT2D eigenvalue weighted by Crippen LogP contribution is 2.30. The van der Waals surface area contributed by atoms with E-state index in [4.69, 9.17) is 0 Å². The summed E-state index contributed by atoms with van der Waals surface area (Å²) in [6.07, 6.45) is -5.03. The molecule has 0 spiro atoms. The molecule has 1 fully saturated rings. The number of hydrogen-bond acceptors (Lipinski definition) is 5. The van der Waals surface area contributed by atoms with Crippen LogP contribution >= 0.6 is 0 Å². The largest absolute Gasteiger partial charge is 0.433 e. The van der Waals surface area contributed by atoms with Crippen molar-refractivity contribution in [3.05, 3.63) is 77.9 Å². The van der Waals surface area contributed by atoms with Crippen molar-refractivity contribution < 1.29 is 39.6 Å². The van der Waals surface area contributed by atoms with Gasteiger partial charge in [0.2, 0.25) is 15.9 Å². The number of alkyl halides is 4. The standard InChI is InChI=1S/C23H18F6N4O3S/c24-14-2-4-17(5-3-14)37(35,36)33-12-15(25)7-20(33)22(34)32-10-16-8-18(19(26)11-30-16)13-1-6-21(31-9-13)23(27,28)29/h1-6,8-9,11,15,20H,7,10,12H2,(H,32,34). The molecule has 0 saturated carbocycles. The molecule has 4 rings (SSSR count). The predicted octanol–water partition coefficient (Wildman–Crippen LogP) is 3.86. The lowest BCUT2D eigenvalue weighted by Gasteiger charge is -2.23. The zero-order valence-electron chi connectivity index (χ0n) is 18.7. The Morgan fingerprint density at radius 3 is 2.38 bits per heavy atom. The number of rotatable bonds is 6. The summed E-state index contributed by atoms with van der Waals surface area (Å²) in [5.41, 5.74) is -1.13. The first-order valence-corrected chi connectivity index (χ1v) is 12.2. The van der Waals surface area contributed by atoms with Crippen LogP contribution in [0.15, 0.2) is 59.8 Å². The molecule has 0 aliphatic carbocycles. The number of sulfonamides is 1. The number of pyridine rings is 2. The molecule has 0 bridgehead atoms. The molecule has 1 amide bonds. The van der Waals surface area contributed by atoms with Crippen LogP contribution in [0.4, 0.5) is 26.3 Å². The SMILES string of the molecule is O=C(NCc1cc(-c2ccc(C(F)(F)F)nc2)c(F)cn1)C1CC(F)CN1S(=O)(=O)c1ccc(F)cc1. The average molecular weight is 544 g/mol. The van der Waals surface area contributed by atoms with E-state index in [2.05, 4.69) is 15.3 Å². The summed E-state index contributed by atoms with van der Waals surface area (Å²) < 4.78 is 106. The maximum absolute atomic E-state index is 14.3. The highest BCUT2D eigenvalue weighted by atomic mass is 32.2. The van der Waals surface area contributed by atoms with Gasteiger partial charge in [-0.1, -0.05) is 6.07 Å². The number of nitrogens with one attached hydrogen (secondary N) is 1. The van der Waals surface area contributed by atoms with Crippen LogP contribution in [0.1, 0.15) is 17.8 Å². The average Bonchev–Trinajstić information content (AvgIpc) is 3.26. The van der Waals surface area contributed by atoms with E-state index < -0.39 is 64.6 Å². The minimum atomic E-state index is -4.67. The van der Waals surface area contributed by atoms with E-state index in [1.165, 1.54) is 6.07 Å². The maximum Gasteiger partial charge on any atom is 0.433 e. The van der Waals surface area contributed by atoms with E-state index in [9.17, 15) is 39.6 Å². The first kappa shape index (κ1) is 26.5. The molecule has 2 atom stereocenters. The fourth-order valence-electron chi connectivity index (χ4n) is 3.82. The van der Waals surface area contributed by atoms with Gasteiger partial charge in [-0.05, 0) is 36.4 Å². The van der Waals surface area contributed by atoms with Crippen LogP contribution in [-0.2, 0) is 27.5 Å². The van der Waals surface area contributed by atoms with Crippen molar-refractivity contribution >= 4 is 15.9 Å². The molecule has 3 heterocycles. The smallest absolute Gasteiger partial charge is 0.349 e. The topological polar surface area (TPSA) is 92.3 Å². The Morgan fingerprint density at radius 1 is 1.05 bits per heavy atom. The van der Waals surface area contributed by atoms with Crippen LogP contribution < -0.4 is 5.32 Å². The van der Waals surface area contributed by atoms with Crippen LogP contribution in [0.3, 0.4) is 0 Å². The van der Waals surface area contributed by atoms with Gasteiger partial charge in [0, 0.05) is 30.3 Å². The second-order valence-electron chi connectivity index (χ2n) is 8.18. The molecule has 14 heteroatoms. The molecule has 37 heavy (non-hydrogen) atoms. The van der Waals surface area contributed by atoms with E-state index >= 15 is 0 Å². The van der Waals surface area contributed by atoms with E-state index in [1.54, 1.807) is 0 Å². The normalized spacial score (nSPS) is 18.6. The minimum absolute atomic E-state index is 0.0353. The van der Waals surface area contributed by atoms with Gasteiger partial charge < -0.3 is 5.32 Å². The Bertz CT molecular complexity index is 1400. The molecular weight excluding hydrogens is 526 g/mol. The number of nitrogens with zero attached hydrogens (tertiary/aromatic N) is 3. The van der Waals surface area contributed by atoms with Gasteiger partial charge in [-0.25, -0.2) is 21.6 Å². The van der Waals surface area contributed by atoms with Gasteiger partial charge in [-0.2, -0.15) is 17.5 Å². The molecule has 2 unspecified atom stereocenters. The van der Waals surface area contributed by atoms with Gasteiger partial charge in [-0.15, -0.1) is 0 Å². The Hall–Kier alpha value is -3.52. The Morgan fingerprint density at radius 2 is 1.76 bits per heavy atom. The van der Waals surface area contributed by atoms with Crippen molar-refractivity contribution in [3.8, 4) is 11.1 Å². The monoisotopic (exact) mass is 544 g/mol. The molecule has 2 aromatic heterocycles. The van der Waals surface area contributed by atoms with Gasteiger partial charge in [-0.3, -0.25) is 14.8 Å². The van der Waals surface area contributed by atoms with Crippen molar-refractivity contribution in [1.29, 1.82) is 0 Å². The van der Waals surface area contributed by atoms with Gasteiger partial charge in [0.15, 0.2) is 0 Å². The van der Waals surface area contributed by atoms with Crippen molar-refractivity contribution in [2.75, 3.05) is 6.54 Å². The van der Waals surface area contributed by atoms with E-state index in [0.717, 1.165) is 42.7 Å². The van der Waals surface area contributed by atoms with Gasteiger partial charge >= 0.3 is 6.18 Å². The predicted molar refractivity (Wildman–Crippen MR) is 118 cm³/mol. The third-order valence-corrected chi connectivity index (χ3v) is 7.54. The molecule has 1 aromatic carbocycles. The van der Waals surface area contributed by atoms with Crippen molar-refractivity contribution in [1.82, 2.24) is 19.6 Å². The van der Waals surface area contributed by atoms with Crippen LogP contribution in [-0.4, -0.2) is 47.4 Å². The second kappa shape index (κ2) is 10.1. The second-order valence-corrected chi connectivity index (χ2v) is 10.1. The van der Waals surface area contributed by atoms with Crippen molar-refractivity contribution in [3.63, 3.8) is 0 Å². The summed E-state index contributed by atoms with van der Waals surface area (Å²) in [6, 6.07) is 5.39. The summed E-state index contributed by atoms with van der Waals surface area (Å²) in [5.74, 6) is -2.35. The number of halogens is 6. The van der Waals surface area contributed by atoms with Gasteiger partial charge in [0.1, 0.15) is 29.5 Å². The summed E-state index contributed by atoms with van der Waals surface area (Å²) in [4.78, 5) is 19.6. The molecule has 1 aliphatic heterocycles. The third kappa shape index (κ3) is 5.74. The lowest BCUT2D eigenvalue weighted by Crippen LogP contribution is -2.45. The van der Waals surface area contributed by atoms with Gasteiger partial charge in [0.25, 0.3) is 0 Å². The van der Waals surface area contributed by atoms with Crippen LogP contribution in [0.2, 0.25) is 0 Å². The fourth-order valence-corrected chi connectivity index (χ4v) is 5.44. The molecule has 3 aromatic rings. The number of hydrogen-bond donors (Lipinski definition) is 1. The number of carbonyl (C=O) groups excluding carboxylic acids is 1. The number of aromatic nitrogens is 2. The molecule has 7 nitrogen and oxygen atoms in total. The first-order valence-electron chi connectivity index (χ1n) is 10.7. The summed E-state index contributed by atoms with van der Waals surface area (Å²) in [6.45, 7) is -0.879. The molecule has 196 valence electrons. The molecule has 0 radical (unpaired) electrons. The third-order valence-electron chi connectivity index (χ3n) is 5.65. The van der Waals surface area contributed by atoms with E-state index in [0.29, 0.717) is 10.4 Å². The molecule has 1 saturated heterocycles.